The Morgan fingerprint density at radius 1 is 1.47 bits per heavy atom. The van der Waals surface area contributed by atoms with Crippen molar-refractivity contribution in [3.05, 3.63) is 0 Å². The van der Waals surface area contributed by atoms with E-state index >= 15 is 0 Å². The zero-order valence-corrected chi connectivity index (χ0v) is 12.5. The van der Waals surface area contributed by atoms with Crippen LogP contribution in [0.5, 0.6) is 0 Å². The van der Waals surface area contributed by atoms with E-state index in [0.29, 0.717) is 17.7 Å². The third-order valence-electron chi connectivity index (χ3n) is 4.15. The number of hydrogen-bond donors (Lipinski definition) is 1. The number of carbonyl (C=O) groups excluding carboxylic acids is 1. The molecule has 2 aliphatic heterocycles. The summed E-state index contributed by atoms with van der Waals surface area (Å²) in [5.74, 6) is 1.37. The zero-order chi connectivity index (χ0) is 13.8. The van der Waals surface area contributed by atoms with Crippen LogP contribution in [-0.2, 0) is 9.53 Å². The Morgan fingerprint density at radius 2 is 2.26 bits per heavy atom. The van der Waals surface area contributed by atoms with Gasteiger partial charge in [0.1, 0.15) is 0 Å². The van der Waals surface area contributed by atoms with Gasteiger partial charge in [-0.15, -0.1) is 0 Å². The van der Waals surface area contributed by atoms with Crippen LogP contribution in [0.15, 0.2) is 0 Å². The van der Waals surface area contributed by atoms with E-state index in [1.54, 1.807) is 0 Å². The van der Waals surface area contributed by atoms with Crippen molar-refractivity contribution in [1.82, 2.24) is 10.2 Å². The molecule has 0 aromatic carbocycles. The number of carbonyl (C=O) groups is 1. The fraction of sp³-hybridized carbons (Fsp3) is 0.933. The fourth-order valence-electron chi connectivity index (χ4n) is 3.17. The number of nitrogens with one attached hydrogen (secondary N) is 1. The van der Waals surface area contributed by atoms with Gasteiger partial charge in [-0.25, -0.2) is 0 Å². The van der Waals surface area contributed by atoms with Crippen LogP contribution in [0.4, 0.5) is 0 Å². The highest BCUT2D eigenvalue weighted by Gasteiger charge is 2.38. The van der Waals surface area contributed by atoms with Crippen LogP contribution in [0.25, 0.3) is 0 Å². The fourth-order valence-corrected chi connectivity index (χ4v) is 3.17. The Kier molecular flexibility index (Phi) is 5.22. The van der Waals surface area contributed by atoms with Gasteiger partial charge in [0.15, 0.2) is 0 Å². The van der Waals surface area contributed by atoms with Gasteiger partial charge in [-0.1, -0.05) is 20.8 Å². The first-order valence-corrected chi connectivity index (χ1v) is 7.76. The Morgan fingerprint density at radius 3 is 2.84 bits per heavy atom. The lowest BCUT2D eigenvalue weighted by atomic mass is 10.0. The summed E-state index contributed by atoms with van der Waals surface area (Å²) in [5, 5.41) is 3.50. The maximum atomic E-state index is 12.5. The van der Waals surface area contributed by atoms with Crippen LogP contribution in [0.1, 0.15) is 46.5 Å². The van der Waals surface area contributed by atoms with E-state index in [2.05, 4.69) is 31.0 Å². The van der Waals surface area contributed by atoms with Crippen LogP contribution < -0.4 is 5.32 Å². The van der Waals surface area contributed by atoms with Gasteiger partial charge in [-0.2, -0.15) is 0 Å². The molecule has 0 aliphatic carbocycles. The molecule has 19 heavy (non-hydrogen) atoms. The van der Waals surface area contributed by atoms with Crippen molar-refractivity contribution in [3.8, 4) is 0 Å². The number of nitrogens with zero attached hydrogens (tertiary/aromatic N) is 1. The molecule has 2 aliphatic rings. The van der Waals surface area contributed by atoms with Crippen molar-refractivity contribution in [2.75, 3.05) is 19.8 Å². The SMILES string of the molecule is CCC1NC(CC(C)C)C(=O)N1CC1CCCOC1. The third kappa shape index (κ3) is 3.69. The first-order chi connectivity index (χ1) is 9.11. The number of amides is 1. The van der Waals surface area contributed by atoms with E-state index in [0.717, 1.165) is 39.0 Å². The molecular formula is C15H28N2O2. The maximum Gasteiger partial charge on any atom is 0.241 e. The molecule has 3 atom stereocenters. The van der Waals surface area contributed by atoms with Crippen molar-refractivity contribution in [3.63, 3.8) is 0 Å². The normalized spacial score (nSPS) is 32.3. The predicted octanol–water partition coefficient (Wildman–Crippen LogP) is 2.00. The van der Waals surface area contributed by atoms with Crippen LogP contribution in [0, 0.1) is 11.8 Å². The molecule has 0 aromatic rings. The van der Waals surface area contributed by atoms with Gasteiger partial charge in [-0.05, 0) is 31.6 Å². The summed E-state index contributed by atoms with van der Waals surface area (Å²) in [6.07, 6.45) is 4.46. The van der Waals surface area contributed by atoms with Gasteiger partial charge in [-0.3, -0.25) is 10.1 Å². The highest BCUT2D eigenvalue weighted by atomic mass is 16.5. The standard InChI is InChI=1S/C15H28N2O2/c1-4-14-16-13(8-11(2)3)15(18)17(14)9-12-6-5-7-19-10-12/h11-14,16H,4-10H2,1-3H3. The largest absolute Gasteiger partial charge is 0.381 e. The van der Waals surface area contributed by atoms with Gasteiger partial charge < -0.3 is 9.64 Å². The van der Waals surface area contributed by atoms with Crippen LogP contribution in [0.2, 0.25) is 0 Å². The molecule has 110 valence electrons. The van der Waals surface area contributed by atoms with Crippen LogP contribution in [0.3, 0.4) is 0 Å². The van der Waals surface area contributed by atoms with Gasteiger partial charge >= 0.3 is 0 Å². The van der Waals surface area contributed by atoms with Gasteiger partial charge in [0, 0.05) is 19.1 Å². The molecule has 2 saturated heterocycles. The average molecular weight is 268 g/mol. The lowest BCUT2D eigenvalue weighted by Crippen LogP contribution is -2.41. The number of ether oxygens (including phenoxy) is 1. The average Bonchev–Trinajstić information content (AvgIpc) is 2.68. The van der Waals surface area contributed by atoms with E-state index in [1.807, 2.05) is 0 Å². The molecule has 2 fully saturated rings. The highest BCUT2D eigenvalue weighted by Crippen LogP contribution is 2.23. The van der Waals surface area contributed by atoms with E-state index in [-0.39, 0.29) is 12.2 Å². The molecule has 0 saturated carbocycles. The first kappa shape index (κ1) is 14.8. The van der Waals surface area contributed by atoms with E-state index < -0.39 is 0 Å². The molecule has 0 radical (unpaired) electrons. The summed E-state index contributed by atoms with van der Waals surface area (Å²) >= 11 is 0. The second-order valence-electron chi connectivity index (χ2n) is 6.35. The minimum absolute atomic E-state index is 0.0226. The molecular weight excluding hydrogens is 240 g/mol. The minimum Gasteiger partial charge on any atom is -0.381 e. The Balaban J connectivity index is 1.94. The van der Waals surface area contributed by atoms with Crippen molar-refractivity contribution in [2.45, 2.75) is 58.7 Å². The first-order valence-electron chi connectivity index (χ1n) is 7.76. The zero-order valence-electron chi connectivity index (χ0n) is 12.5. The molecule has 4 heteroatoms. The van der Waals surface area contributed by atoms with Gasteiger partial charge in [0.25, 0.3) is 0 Å². The highest BCUT2D eigenvalue weighted by molar-refractivity contribution is 5.84. The van der Waals surface area contributed by atoms with E-state index in [9.17, 15) is 4.79 Å². The minimum atomic E-state index is 0.0226. The van der Waals surface area contributed by atoms with Crippen LogP contribution in [-0.4, -0.2) is 42.8 Å². The Hall–Kier alpha value is -0.610. The summed E-state index contributed by atoms with van der Waals surface area (Å²) in [5.41, 5.74) is 0. The van der Waals surface area contributed by atoms with E-state index in [4.69, 9.17) is 4.74 Å². The molecule has 3 unspecified atom stereocenters. The van der Waals surface area contributed by atoms with Crippen LogP contribution >= 0.6 is 0 Å². The second-order valence-corrected chi connectivity index (χ2v) is 6.35. The van der Waals surface area contributed by atoms with Gasteiger partial charge in [0.05, 0.1) is 18.8 Å². The molecule has 0 spiro atoms. The summed E-state index contributed by atoms with van der Waals surface area (Å²) in [6, 6.07) is 0.0226. The van der Waals surface area contributed by atoms with Crippen molar-refractivity contribution in [1.29, 1.82) is 0 Å². The van der Waals surface area contributed by atoms with Crippen molar-refractivity contribution >= 4 is 5.91 Å². The topological polar surface area (TPSA) is 41.6 Å². The lowest BCUT2D eigenvalue weighted by molar-refractivity contribution is -0.131. The summed E-state index contributed by atoms with van der Waals surface area (Å²) in [4.78, 5) is 14.6. The van der Waals surface area contributed by atoms with Gasteiger partial charge in [0.2, 0.25) is 5.91 Å². The monoisotopic (exact) mass is 268 g/mol. The summed E-state index contributed by atoms with van der Waals surface area (Å²) in [7, 11) is 0. The molecule has 1 amide bonds. The summed E-state index contributed by atoms with van der Waals surface area (Å²) in [6.45, 7) is 9.05. The summed E-state index contributed by atoms with van der Waals surface area (Å²) < 4.78 is 5.53. The molecule has 2 heterocycles. The molecule has 0 bridgehead atoms. The predicted molar refractivity (Wildman–Crippen MR) is 75.7 cm³/mol. The van der Waals surface area contributed by atoms with E-state index in [1.165, 1.54) is 6.42 Å². The quantitative estimate of drug-likeness (QED) is 0.829. The van der Waals surface area contributed by atoms with Crippen molar-refractivity contribution < 1.29 is 9.53 Å². The Bertz CT molecular complexity index is 301. The van der Waals surface area contributed by atoms with Crippen molar-refractivity contribution in [2.24, 2.45) is 11.8 Å². The number of hydrogen-bond acceptors (Lipinski definition) is 3. The number of rotatable bonds is 5. The maximum absolute atomic E-state index is 12.5. The molecule has 4 nitrogen and oxygen atoms in total. The lowest BCUT2D eigenvalue weighted by Gasteiger charge is -2.30. The second kappa shape index (κ2) is 6.71. The molecule has 1 N–H and O–H groups in total. The molecule has 0 aromatic heterocycles. The Labute approximate surface area is 116 Å². The smallest absolute Gasteiger partial charge is 0.241 e. The molecule has 2 rings (SSSR count). The third-order valence-corrected chi connectivity index (χ3v) is 4.15.